The van der Waals surface area contributed by atoms with Crippen molar-refractivity contribution in [2.75, 3.05) is 20.3 Å². The fourth-order valence-corrected chi connectivity index (χ4v) is 2.63. The molecule has 1 amide bonds. The molecule has 0 N–H and O–H groups in total. The van der Waals surface area contributed by atoms with Crippen LogP contribution < -0.4 is 9.47 Å². The van der Waals surface area contributed by atoms with Crippen molar-refractivity contribution in [1.82, 2.24) is 10.1 Å². The number of hydrogen-bond acceptors (Lipinski definition) is 5. The van der Waals surface area contributed by atoms with Crippen molar-refractivity contribution in [3.63, 3.8) is 0 Å². The van der Waals surface area contributed by atoms with Gasteiger partial charge < -0.3 is 18.9 Å². The molecule has 3 rings (SSSR count). The number of carbonyl (C=O) groups excluding carboxylic acids is 1. The number of amides is 1. The van der Waals surface area contributed by atoms with Gasteiger partial charge in [-0.05, 0) is 36.2 Å². The second-order valence-electron chi connectivity index (χ2n) is 5.42. The highest BCUT2D eigenvalue weighted by Gasteiger charge is 2.18. The van der Waals surface area contributed by atoms with E-state index in [1.54, 1.807) is 18.9 Å². The zero-order valence-electron chi connectivity index (χ0n) is 13.0. The van der Waals surface area contributed by atoms with Crippen LogP contribution in [-0.4, -0.2) is 36.2 Å². The van der Waals surface area contributed by atoms with E-state index in [1.807, 2.05) is 18.2 Å². The largest absolute Gasteiger partial charge is 0.486 e. The van der Waals surface area contributed by atoms with E-state index in [0.29, 0.717) is 36.8 Å². The summed E-state index contributed by atoms with van der Waals surface area (Å²) in [4.78, 5) is 14.0. The summed E-state index contributed by atoms with van der Waals surface area (Å²) in [6.45, 7) is 3.33. The number of hydrogen-bond donors (Lipinski definition) is 0. The predicted molar refractivity (Wildman–Crippen MR) is 83.9 cm³/mol. The Hall–Kier alpha value is -2.21. The Morgan fingerprint density at radius 1 is 1.30 bits per heavy atom. The van der Waals surface area contributed by atoms with Crippen molar-refractivity contribution in [3.05, 3.63) is 40.2 Å². The number of aromatic nitrogens is 1. The molecule has 7 heteroatoms. The Morgan fingerprint density at radius 2 is 2.04 bits per heavy atom. The maximum Gasteiger partial charge on any atom is 0.229 e. The van der Waals surface area contributed by atoms with Gasteiger partial charge in [0.2, 0.25) is 11.1 Å². The first kappa shape index (κ1) is 15.7. The highest BCUT2D eigenvalue weighted by Crippen LogP contribution is 2.31. The third kappa shape index (κ3) is 3.42. The molecule has 23 heavy (non-hydrogen) atoms. The summed E-state index contributed by atoms with van der Waals surface area (Å²) in [5.41, 5.74) is 2.24. The molecule has 0 spiro atoms. The number of nitrogens with zero attached hydrogens (tertiary/aromatic N) is 2. The first-order valence-corrected chi connectivity index (χ1v) is 7.65. The number of ether oxygens (including phenoxy) is 2. The summed E-state index contributed by atoms with van der Waals surface area (Å²) in [5, 5.41) is 3.92. The molecular formula is C16H17ClN2O4. The Bertz CT molecular complexity index is 709. The first-order valence-electron chi connectivity index (χ1n) is 7.27. The lowest BCUT2D eigenvalue weighted by Crippen LogP contribution is -2.28. The molecule has 1 aliphatic rings. The van der Waals surface area contributed by atoms with Gasteiger partial charge in [-0.1, -0.05) is 11.2 Å². The number of carbonyl (C=O) groups is 1. The van der Waals surface area contributed by atoms with Crippen LogP contribution >= 0.6 is 11.6 Å². The lowest BCUT2D eigenvalue weighted by atomic mass is 10.1. The molecule has 0 saturated heterocycles. The lowest BCUT2D eigenvalue weighted by molar-refractivity contribution is -0.129. The standard InChI is InChI=1S/C16H17ClN2O4/c1-10-12(16(17)23-18-10)8-15(20)19(2)9-11-3-4-13-14(7-11)22-6-5-21-13/h3-4,7H,5-6,8-9H2,1-2H3. The van der Waals surface area contributed by atoms with Crippen molar-refractivity contribution in [2.24, 2.45) is 0 Å². The van der Waals surface area contributed by atoms with Crippen LogP contribution in [0.15, 0.2) is 22.7 Å². The molecule has 6 nitrogen and oxygen atoms in total. The number of halogens is 1. The average molecular weight is 337 g/mol. The molecule has 1 aliphatic heterocycles. The van der Waals surface area contributed by atoms with Crippen molar-refractivity contribution in [1.29, 1.82) is 0 Å². The monoisotopic (exact) mass is 336 g/mol. The number of fused-ring (bicyclic) bond motifs is 1. The Kier molecular flexibility index (Phi) is 4.43. The highest BCUT2D eigenvalue weighted by molar-refractivity contribution is 6.29. The number of benzene rings is 1. The number of likely N-dealkylation sites (N-methyl/N-ethyl adjacent to an activating group) is 1. The summed E-state index contributed by atoms with van der Waals surface area (Å²) in [6, 6.07) is 5.69. The van der Waals surface area contributed by atoms with Gasteiger partial charge in [0.25, 0.3) is 0 Å². The van der Waals surface area contributed by atoms with Crippen LogP contribution in [0.3, 0.4) is 0 Å². The van der Waals surface area contributed by atoms with E-state index in [0.717, 1.165) is 11.3 Å². The summed E-state index contributed by atoms with van der Waals surface area (Å²) in [5.74, 6) is 1.39. The normalized spacial score (nSPS) is 13.0. The topological polar surface area (TPSA) is 64.8 Å². The Morgan fingerprint density at radius 3 is 2.74 bits per heavy atom. The van der Waals surface area contributed by atoms with Crippen LogP contribution in [0.25, 0.3) is 0 Å². The molecule has 0 radical (unpaired) electrons. The maximum atomic E-state index is 12.3. The molecule has 2 heterocycles. The molecule has 1 aromatic carbocycles. The first-order chi connectivity index (χ1) is 11.0. The van der Waals surface area contributed by atoms with E-state index in [1.165, 1.54) is 0 Å². The predicted octanol–water partition coefficient (Wildman–Crippen LogP) is 2.61. The SMILES string of the molecule is Cc1noc(Cl)c1CC(=O)N(C)Cc1ccc2c(c1)OCCO2. The van der Waals surface area contributed by atoms with Gasteiger partial charge in [-0.15, -0.1) is 0 Å². The van der Waals surface area contributed by atoms with Crippen molar-refractivity contribution in [3.8, 4) is 11.5 Å². The van der Waals surface area contributed by atoms with E-state index < -0.39 is 0 Å². The van der Waals surface area contributed by atoms with Crippen molar-refractivity contribution >= 4 is 17.5 Å². The lowest BCUT2D eigenvalue weighted by Gasteiger charge is -2.21. The van der Waals surface area contributed by atoms with E-state index >= 15 is 0 Å². The minimum Gasteiger partial charge on any atom is -0.486 e. The molecule has 0 bridgehead atoms. The number of rotatable bonds is 4. The molecule has 0 saturated carbocycles. The maximum absolute atomic E-state index is 12.3. The molecule has 122 valence electrons. The summed E-state index contributed by atoms with van der Waals surface area (Å²) in [6.07, 6.45) is 0.162. The van der Waals surface area contributed by atoms with Crippen molar-refractivity contribution in [2.45, 2.75) is 19.9 Å². The Labute approximate surface area is 138 Å². The van der Waals surface area contributed by atoms with Crippen molar-refractivity contribution < 1.29 is 18.8 Å². The average Bonchev–Trinajstić information content (AvgIpc) is 2.86. The van der Waals surface area contributed by atoms with Crippen LogP contribution in [0.1, 0.15) is 16.8 Å². The van der Waals surface area contributed by atoms with Gasteiger partial charge >= 0.3 is 0 Å². The smallest absolute Gasteiger partial charge is 0.229 e. The van der Waals surface area contributed by atoms with Gasteiger partial charge in [0.05, 0.1) is 12.1 Å². The van der Waals surface area contributed by atoms with E-state index in [-0.39, 0.29) is 17.5 Å². The molecular weight excluding hydrogens is 320 g/mol. The molecule has 0 unspecified atom stereocenters. The fourth-order valence-electron chi connectivity index (χ4n) is 2.39. The second kappa shape index (κ2) is 6.50. The fraction of sp³-hybridized carbons (Fsp3) is 0.375. The quantitative estimate of drug-likeness (QED) is 0.858. The summed E-state index contributed by atoms with van der Waals surface area (Å²) in [7, 11) is 1.75. The Balaban J connectivity index is 1.66. The zero-order chi connectivity index (χ0) is 16.4. The van der Waals surface area contributed by atoms with E-state index in [9.17, 15) is 4.79 Å². The van der Waals surface area contributed by atoms with Gasteiger partial charge in [0, 0.05) is 19.2 Å². The molecule has 1 aromatic heterocycles. The van der Waals surface area contributed by atoms with Gasteiger partial charge in [-0.2, -0.15) is 0 Å². The van der Waals surface area contributed by atoms with Gasteiger partial charge in [0.1, 0.15) is 13.2 Å². The molecule has 0 fully saturated rings. The minimum absolute atomic E-state index is 0.0620. The second-order valence-corrected chi connectivity index (χ2v) is 5.77. The third-order valence-corrected chi connectivity index (χ3v) is 4.01. The van der Waals surface area contributed by atoms with E-state index in [4.69, 9.17) is 25.6 Å². The van der Waals surface area contributed by atoms with E-state index in [2.05, 4.69) is 5.16 Å². The summed E-state index contributed by atoms with van der Waals surface area (Å²) >= 11 is 5.90. The zero-order valence-corrected chi connectivity index (χ0v) is 13.7. The highest BCUT2D eigenvalue weighted by atomic mass is 35.5. The van der Waals surface area contributed by atoms with Gasteiger partial charge in [0.15, 0.2) is 11.5 Å². The van der Waals surface area contributed by atoms with Crippen LogP contribution in [0.2, 0.25) is 5.22 Å². The third-order valence-electron chi connectivity index (χ3n) is 3.72. The van der Waals surface area contributed by atoms with Crippen LogP contribution in [0.4, 0.5) is 0 Å². The minimum atomic E-state index is -0.0620. The summed E-state index contributed by atoms with van der Waals surface area (Å²) < 4.78 is 15.9. The molecule has 0 atom stereocenters. The van der Waals surface area contributed by atoms with Gasteiger partial charge in [-0.3, -0.25) is 4.79 Å². The van der Waals surface area contributed by atoms with Crippen LogP contribution in [0, 0.1) is 6.92 Å². The molecule has 2 aromatic rings. The van der Waals surface area contributed by atoms with Gasteiger partial charge in [-0.25, -0.2) is 0 Å². The number of aryl methyl sites for hydroxylation is 1. The molecule has 0 aliphatic carbocycles. The van der Waals surface area contributed by atoms with Crippen LogP contribution in [-0.2, 0) is 17.8 Å². The van der Waals surface area contributed by atoms with Crippen LogP contribution in [0.5, 0.6) is 11.5 Å².